The van der Waals surface area contributed by atoms with Crippen molar-refractivity contribution in [1.82, 2.24) is 10.2 Å². The fourth-order valence-electron chi connectivity index (χ4n) is 5.75. The minimum absolute atomic E-state index is 0.197. The van der Waals surface area contributed by atoms with Crippen molar-refractivity contribution in [2.24, 2.45) is 5.92 Å². The van der Waals surface area contributed by atoms with E-state index < -0.39 is 41.6 Å². The zero-order valence-electron chi connectivity index (χ0n) is 28.8. The van der Waals surface area contributed by atoms with E-state index in [1.54, 1.807) is 37.8 Å². The number of ether oxygens (including phenoxy) is 1. The summed E-state index contributed by atoms with van der Waals surface area (Å²) in [5.74, 6) is 2.27. The van der Waals surface area contributed by atoms with E-state index in [2.05, 4.69) is 30.4 Å². The van der Waals surface area contributed by atoms with E-state index in [-0.39, 0.29) is 6.42 Å². The van der Waals surface area contributed by atoms with Crippen molar-refractivity contribution in [2.75, 3.05) is 5.32 Å². The molecule has 250 valence electrons. The van der Waals surface area contributed by atoms with Crippen LogP contribution in [0.2, 0.25) is 0 Å². The van der Waals surface area contributed by atoms with E-state index in [9.17, 15) is 9.59 Å². The van der Waals surface area contributed by atoms with Gasteiger partial charge in [-0.1, -0.05) is 98.6 Å². The summed E-state index contributed by atoms with van der Waals surface area (Å²) in [6, 6.07) is 27.8. The molecule has 0 radical (unpaired) electrons. The summed E-state index contributed by atoms with van der Waals surface area (Å²) >= 11 is 0. The molecule has 4 aromatic carbocycles. The van der Waals surface area contributed by atoms with Gasteiger partial charge in [-0.3, -0.25) is 9.59 Å². The van der Waals surface area contributed by atoms with Gasteiger partial charge in [0.05, 0.1) is 0 Å². The van der Waals surface area contributed by atoms with Crippen molar-refractivity contribution in [3.8, 4) is 12.3 Å². The summed E-state index contributed by atoms with van der Waals surface area (Å²) in [4.78, 5) is 44.4. The first-order valence-electron chi connectivity index (χ1n) is 16.6. The number of amides is 3. The van der Waals surface area contributed by atoms with Gasteiger partial charge in [0.25, 0.3) is 5.91 Å². The van der Waals surface area contributed by atoms with Gasteiger partial charge in [-0.25, -0.2) is 4.79 Å². The molecule has 0 aliphatic carbocycles. The molecule has 3 amide bonds. The molecule has 0 aromatic heterocycles. The highest BCUT2D eigenvalue weighted by atomic mass is 16.6. The third kappa shape index (κ3) is 9.71. The molecular formula is C41H47N3O4. The minimum atomic E-state index is -1.10. The van der Waals surface area contributed by atoms with E-state index in [4.69, 9.17) is 11.2 Å². The molecule has 0 heterocycles. The fourth-order valence-corrected chi connectivity index (χ4v) is 5.75. The standard InChI is InChI=1S/C41H47N3O4/c1-8-31-18-14-15-21-35(31)37(38(45)42-34-25-24-32-19-12-13-20-33(32)27-34)44(29(4)23-22-28(2)3)39(46)36(26-30-16-10-9-11-17-30)43-40(47)48-41(5,6)7/h1,9-21,24-25,27-29,36-37H,22-23,26H2,2-7H3,(H,42,45)(H,43,47). The van der Waals surface area contributed by atoms with Crippen molar-refractivity contribution in [3.63, 3.8) is 0 Å². The monoisotopic (exact) mass is 645 g/mol. The SMILES string of the molecule is C#Cc1ccccc1C(C(=O)Nc1ccc2ccccc2c1)N(C(=O)C(Cc1ccccc1)NC(=O)OC(C)(C)C)C(C)CCC(C)C. The van der Waals surface area contributed by atoms with E-state index in [0.717, 1.165) is 22.8 Å². The molecule has 48 heavy (non-hydrogen) atoms. The van der Waals surface area contributed by atoms with Crippen LogP contribution in [0.5, 0.6) is 0 Å². The lowest BCUT2D eigenvalue weighted by Gasteiger charge is -2.39. The molecule has 7 nitrogen and oxygen atoms in total. The van der Waals surface area contributed by atoms with Gasteiger partial charge < -0.3 is 20.3 Å². The van der Waals surface area contributed by atoms with E-state index >= 15 is 4.79 Å². The summed E-state index contributed by atoms with van der Waals surface area (Å²) in [5.41, 5.74) is 1.70. The smallest absolute Gasteiger partial charge is 0.408 e. The molecule has 0 aliphatic heterocycles. The summed E-state index contributed by atoms with van der Waals surface area (Å²) in [6.45, 7) is 11.5. The first-order valence-corrected chi connectivity index (χ1v) is 16.6. The van der Waals surface area contributed by atoms with E-state index in [1.165, 1.54) is 0 Å². The number of fused-ring (bicyclic) bond motifs is 1. The third-order valence-electron chi connectivity index (χ3n) is 8.12. The van der Waals surface area contributed by atoms with Gasteiger partial charge in [0.2, 0.25) is 5.91 Å². The van der Waals surface area contributed by atoms with Crippen LogP contribution >= 0.6 is 0 Å². The molecule has 0 spiro atoms. The van der Waals surface area contributed by atoms with Gasteiger partial charge >= 0.3 is 6.09 Å². The normalized spacial score (nSPS) is 13.2. The first kappa shape index (κ1) is 35.8. The predicted octanol–water partition coefficient (Wildman–Crippen LogP) is 8.29. The molecule has 4 rings (SSSR count). The van der Waals surface area contributed by atoms with Crippen molar-refractivity contribution >= 4 is 34.4 Å². The van der Waals surface area contributed by atoms with Gasteiger partial charge in [-0.15, -0.1) is 6.42 Å². The zero-order chi connectivity index (χ0) is 34.8. The molecule has 4 aromatic rings. The summed E-state index contributed by atoms with van der Waals surface area (Å²) < 4.78 is 5.59. The van der Waals surface area contributed by atoms with Crippen LogP contribution in [0.4, 0.5) is 10.5 Å². The van der Waals surface area contributed by atoms with Gasteiger partial charge in [0, 0.05) is 23.7 Å². The predicted molar refractivity (Wildman–Crippen MR) is 193 cm³/mol. The van der Waals surface area contributed by atoms with Crippen molar-refractivity contribution in [3.05, 3.63) is 114 Å². The zero-order valence-corrected chi connectivity index (χ0v) is 28.8. The number of rotatable bonds is 12. The number of terminal acetylenes is 1. The van der Waals surface area contributed by atoms with Crippen LogP contribution in [0.1, 0.15) is 77.1 Å². The molecule has 0 saturated carbocycles. The number of carbonyl (C=O) groups excluding carboxylic acids is 3. The Hall–Kier alpha value is -5.09. The summed E-state index contributed by atoms with van der Waals surface area (Å²) in [6.07, 6.45) is 6.92. The number of alkyl carbamates (subject to hydrolysis) is 1. The Balaban J connectivity index is 1.83. The maximum absolute atomic E-state index is 15.0. The Morgan fingerprint density at radius 3 is 2.15 bits per heavy atom. The number of carbonyl (C=O) groups is 3. The molecule has 3 unspecified atom stereocenters. The highest BCUT2D eigenvalue weighted by Crippen LogP contribution is 2.31. The van der Waals surface area contributed by atoms with Gasteiger partial charge in [-0.05, 0) is 86.6 Å². The molecular weight excluding hydrogens is 598 g/mol. The Morgan fingerprint density at radius 1 is 0.833 bits per heavy atom. The average Bonchev–Trinajstić information content (AvgIpc) is 3.05. The quantitative estimate of drug-likeness (QED) is 0.152. The summed E-state index contributed by atoms with van der Waals surface area (Å²) in [5, 5.41) is 7.94. The lowest BCUT2D eigenvalue weighted by atomic mass is 9.93. The van der Waals surface area contributed by atoms with Crippen LogP contribution in [0, 0.1) is 18.3 Å². The second-order valence-electron chi connectivity index (χ2n) is 13.6. The average molecular weight is 646 g/mol. The molecule has 0 aliphatic rings. The van der Waals surface area contributed by atoms with Crippen LogP contribution in [-0.2, 0) is 20.7 Å². The number of benzene rings is 4. The number of nitrogens with zero attached hydrogens (tertiary/aromatic N) is 1. The van der Waals surface area contributed by atoms with Crippen LogP contribution < -0.4 is 10.6 Å². The minimum Gasteiger partial charge on any atom is -0.444 e. The van der Waals surface area contributed by atoms with Crippen molar-refractivity contribution in [1.29, 1.82) is 0 Å². The lowest BCUT2D eigenvalue weighted by molar-refractivity contribution is -0.143. The Morgan fingerprint density at radius 2 is 1.48 bits per heavy atom. The van der Waals surface area contributed by atoms with E-state index in [1.807, 2.05) is 91.9 Å². The van der Waals surface area contributed by atoms with Gasteiger partial charge in [0.1, 0.15) is 17.7 Å². The maximum atomic E-state index is 15.0. The highest BCUT2D eigenvalue weighted by molar-refractivity contribution is 6.01. The van der Waals surface area contributed by atoms with Gasteiger partial charge in [0.15, 0.2) is 0 Å². The highest BCUT2D eigenvalue weighted by Gasteiger charge is 2.40. The van der Waals surface area contributed by atoms with Crippen LogP contribution in [0.3, 0.4) is 0 Å². The molecule has 0 saturated heterocycles. The van der Waals surface area contributed by atoms with Crippen LogP contribution in [-0.4, -0.2) is 40.5 Å². The summed E-state index contributed by atoms with van der Waals surface area (Å²) in [7, 11) is 0. The molecule has 0 fully saturated rings. The third-order valence-corrected chi connectivity index (χ3v) is 8.12. The molecule has 3 atom stereocenters. The Kier molecular flexibility index (Phi) is 12.0. The van der Waals surface area contributed by atoms with Gasteiger partial charge in [-0.2, -0.15) is 0 Å². The Bertz CT molecular complexity index is 1750. The second kappa shape index (κ2) is 16.1. The van der Waals surface area contributed by atoms with Crippen molar-refractivity contribution in [2.45, 2.75) is 84.5 Å². The topological polar surface area (TPSA) is 87.7 Å². The largest absolute Gasteiger partial charge is 0.444 e. The second-order valence-corrected chi connectivity index (χ2v) is 13.6. The molecule has 0 bridgehead atoms. The number of hydrogen-bond donors (Lipinski definition) is 2. The molecule has 7 heteroatoms. The maximum Gasteiger partial charge on any atom is 0.408 e. The number of anilines is 1. The first-order chi connectivity index (χ1) is 22.9. The number of nitrogens with one attached hydrogen (secondary N) is 2. The Labute approximate surface area is 285 Å². The number of hydrogen-bond acceptors (Lipinski definition) is 4. The van der Waals surface area contributed by atoms with Crippen LogP contribution in [0.25, 0.3) is 10.8 Å². The van der Waals surface area contributed by atoms with E-state index in [0.29, 0.717) is 29.2 Å². The molecule has 2 N–H and O–H groups in total. The fraction of sp³-hybridized carbons (Fsp3) is 0.341. The lowest BCUT2D eigenvalue weighted by Crippen LogP contribution is -2.55. The van der Waals surface area contributed by atoms with Crippen LogP contribution in [0.15, 0.2) is 97.1 Å². The van der Waals surface area contributed by atoms with Crippen molar-refractivity contribution < 1.29 is 19.1 Å².